The summed E-state index contributed by atoms with van der Waals surface area (Å²) >= 11 is 0. The van der Waals surface area contributed by atoms with Crippen molar-refractivity contribution >= 4 is 11.8 Å². The average molecular weight is 583 g/mol. The molecule has 8 heteroatoms. The van der Waals surface area contributed by atoms with Crippen LogP contribution in [-0.4, -0.2) is 70.7 Å². The van der Waals surface area contributed by atoms with E-state index in [1.165, 1.54) is 116 Å². The molecule has 0 atom stereocenters. The lowest BCUT2D eigenvalue weighted by Gasteiger charge is -2.09. The van der Waals surface area contributed by atoms with Gasteiger partial charge in [-0.2, -0.15) is 0 Å². The first-order valence-electron chi connectivity index (χ1n) is 17.5. The van der Waals surface area contributed by atoms with Gasteiger partial charge in [-0.05, 0) is 6.42 Å². The number of amides is 2. The fourth-order valence-electron chi connectivity index (χ4n) is 4.96. The van der Waals surface area contributed by atoms with Crippen LogP contribution in [0.4, 0.5) is 0 Å². The van der Waals surface area contributed by atoms with Crippen molar-refractivity contribution in [2.45, 2.75) is 142 Å². The largest absolute Gasteiger partial charge is 0.370 e. The molecule has 0 aliphatic carbocycles. The summed E-state index contributed by atoms with van der Waals surface area (Å²) in [5.41, 5.74) is 5.09. The molecule has 8 nitrogen and oxygen atoms in total. The Morgan fingerprint density at radius 1 is 0.415 bits per heavy atom. The standard InChI is InChI=1S/C33H70N6O2/c1-2-3-4-5-6-7-8-9-10-11-12-13-14-15-16-17-18-19-20-23-39-33(41)22-25-36-27-29-38-31-30-37-28-26-35-24-21-32(34)40/h35-38H,2-31H2,1H3,(H2,34,40)(H,39,41). The van der Waals surface area contributed by atoms with Gasteiger partial charge in [-0.1, -0.05) is 122 Å². The second-order valence-corrected chi connectivity index (χ2v) is 11.7. The van der Waals surface area contributed by atoms with Crippen molar-refractivity contribution in [1.82, 2.24) is 26.6 Å². The lowest BCUT2D eigenvalue weighted by molar-refractivity contribution is -0.121. The topological polar surface area (TPSA) is 120 Å². The molecule has 0 aromatic heterocycles. The minimum absolute atomic E-state index is 0.154. The van der Waals surface area contributed by atoms with Crippen LogP contribution in [0.25, 0.3) is 0 Å². The van der Waals surface area contributed by atoms with E-state index in [0.717, 1.165) is 58.8 Å². The highest BCUT2D eigenvalue weighted by atomic mass is 16.1. The van der Waals surface area contributed by atoms with Gasteiger partial charge in [0.25, 0.3) is 0 Å². The Kier molecular flexibility index (Phi) is 33.9. The van der Waals surface area contributed by atoms with Crippen molar-refractivity contribution in [2.24, 2.45) is 5.73 Å². The maximum Gasteiger partial charge on any atom is 0.221 e. The second kappa shape index (κ2) is 35.0. The lowest BCUT2D eigenvalue weighted by atomic mass is 10.0. The molecule has 41 heavy (non-hydrogen) atoms. The molecule has 7 N–H and O–H groups in total. The molecule has 0 bridgehead atoms. The number of hydrogen-bond acceptors (Lipinski definition) is 6. The molecule has 0 fully saturated rings. The Morgan fingerprint density at radius 2 is 0.732 bits per heavy atom. The lowest BCUT2D eigenvalue weighted by Crippen LogP contribution is -2.36. The average Bonchev–Trinajstić information content (AvgIpc) is 2.96. The SMILES string of the molecule is CCCCCCCCCCCCCCCCCCCCCNC(=O)CCNCCNCCNCCNCCC(N)=O. The Bertz CT molecular complexity index is 550. The molecular formula is C33H70N6O2. The van der Waals surface area contributed by atoms with Crippen molar-refractivity contribution in [1.29, 1.82) is 0 Å². The summed E-state index contributed by atoms with van der Waals surface area (Å²) in [6, 6.07) is 0. The van der Waals surface area contributed by atoms with E-state index in [9.17, 15) is 9.59 Å². The molecule has 0 saturated heterocycles. The smallest absolute Gasteiger partial charge is 0.221 e. The molecule has 0 unspecified atom stereocenters. The molecule has 0 aromatic carbocycles. The number of primary amides is 1. The number of carbonyl (C=O) groups excluding carboxylic acids is 2. The Balaban J connectivity index is 3.15. The van der Waals surface area contributed by atoms with E-state index in [2.05, 4.69) is 33.5 Å². The van der Waals surface area contributed by atoms with Crippen LogP contribution in [0.2, 0.25) is 0 Å². The number of nitrogens with two attached hydrogens (primary N) is 1. The first-order chi connectivity index (χ1) is 20.2. The molecule has 0 radical (unpaired) electrons. The van der Waals surface area contributed by atoms with Crippen molar-refractivity contribution in [3.05, 3.63) is 0 Å². The van der Waals surface area contributed by atoms with Gasteiger partial charge in [0, 0.05) is 71.7 Å². The molecule has 2 amide bonds. The fourth-order valence-corrected chi connectivity index (χ4v) is 4.96. The van der Waals surface area contributed by atoms with Gasteiger partial charge in [0.2, 0.25) is 11.8 Å². The van der Waals surface area contributed by atoms with Crippen LogP contribution in [0, 0.1) is 0 Å². The summed E-state index contributed by atoms with van der Waals surface area (Å²) < 4.78 is 0. The summed E-state index contributed by atoms with van der Waals surface area (Å²) in [5, 5.41) is 16.3. The van der Waals surface area contributed by atoms with Gasteiger partial charge in [-0.3, -0.25) is 9.59 Å². The first-order valence-corrected chi connectivity index (χ1v) is 17.5. The van der Waals surface area contributed by atoms with Crippen LogP contribution in [0.15, 0.2) is 0 Å². The number of hydrogen-bond donors (Lipinski definition) is 6. The highest BCUT2D eigenvalue weighted by Gasteiger charge is 2.00. The predicted molar refractivity (Wildman–Crippen MR) is 176 cm³/mol. The van der Waals surface area contributed by atoms with E-state index < -0.39 is 0 Å². The summed E-state index contributed by atoms with van der Waals surface area (Å²) in [5.74, 6) is -0.114. The fraction of sp³-hybridized carbons (Fsp3) is 0.939. The minimum Gasteiger partial charge on any atom is -0.370 e. The molecule has 0 saturated carbocycles. The van der Waals surface area contributed by atoms with E-state index >= 15 is 0 Å². The molecule has 0 aliphatic rings. The minimum atomic E-state index is -0.269. The van der Waals surface area contributed by atoms with Crippen molar-refractivity contribution in [3.63, 3.8) is 0 Å². The summed E-state index contributed by atoms with van der Waals surface area (Å²) in [6.07, 6.45) is 27.3. The number of rotatable bonds is 35. The van der Waals surface area contributed by atoms with Crippen molar-refractivity contribution in [3.8, 4) is 0 Å². The van der Waals surface area contributed by atoms with E-state index in [0.29, 0.717) is 19.4 Å². The van der Waals surface area contributed by atoms with E-state index in [-0.39, 0.29) is 11.8 Å². The zero-order chi connectivity index (χ0) is 29.9. The zero-order valence-electron chi connectivity index (χ0n) is 27.1. The Labute approximate surface area is 254 Å². The van der Waals surface area contributed by atoms with Gasteiger partial charge in [0.1, 0.15) is 0 Å². The number of carbonyl (C=O) groups is 2. The molecule has 0 aromatic rings. The highest BCUT2D eigenvalue weighted by molar-refractivity contribution is 5.76. The predicted octanol–water partition coefficient (Wildman–Crippen LogP) is 5.16. The maximum atomic E-state index is 12.0. The summed E-state index contributed by atoms with van der Waals surface area (Å²) in [7, 11) is 0. The highest BCUT2D eigenvalue weighted by Crippen LogP contribution is 2.14. The van der Waals surface area contributed by atoms with Crippen molar-refractivity contribution < 1.29 is 9.59 Å². The quantitative estimate of drug-likeness (QED) is 0.0575. The number of nitrogens with one attached hydrogen (secondary N) is 5. The van der Waals surface area contributed by atoms with Crippen LogP contribution in [0.5, 0.6) is 0 Å². The van der Waals surface area contributed by atoms with Gasteiger partial charge in [-0.25, -0.2) is 0 Å². The second-order valence-electron chi connectivity index (χ2n) is 11.7. The van der Waals surface area contributed by atoms with E-state index in [1.807, 2.05) is 0 Å². The Hall–Kier alpha value is -1.22. The van der Waals surface area contributed by atoms with Gasteiger partial charge < -0.3 is 32.3 Å². The van der Waals surface area contributed by atoms with Crippen LogP contribution in [0.1, 0.15) is 142 Å². The monoisotopic (exact) mass is 583 g/mol. The first kappa shape index (κ1) is 39.8. The number of unbranched alkanes of at least 4 members (excludes halogenated alkanes) is 18. The maximum absolute atomic E-state index is 12.0. The molecule has 0 heterocycles. The Morgan fingerprint density at radius 3 is 1.10 bits per heavy atom. The molecule has 0 aliphatic heterocycles. The molecule has 244 valence electrons. The van der Waals surface area contributed by atoms with Crippen molar-refractivity contribution in [2.75, 3.05) is 58.9 Å². The van der Waals surface area contributed by atoms with Crippen LogP contribution in [0.3, 0.4) is 0 Å². The third-order valence-electron chi connectivity index (χ3n) is 7.62. The van der Waals surface area contributed by atoms with Gasteiger partial charge >= 0.3 is 0 Å². The molecular weight excluding hydrogens is 512 g/mol. The normalized spacial score (nSPS) is 11.2. The van der Waals surface area contributed by atoms with Crippen LogP contribution >= 0.6 is 0 Å². The third-order valence-corrected chi connectivity index (χ3v) is 7.62. The molecule has 0 rings (SSSR count). The third kappa shape index (κ3) is 36.8. The van der Waals surface area contributed by atoms with Crippen LogP contribution < -0.4 is 32.3 Å². The van der Waals surface area contributed by atoms with E-state index in [4.69, 9.17) is 5.73 Å². The summed E-state index contributed by atoms with van der Waals surface area (Å²) in [4.78, 5) is 22.6. The van der Waals surface area contributed by atoms with E-state index in [1.54, 1.807) is 0 Å². The zero-order valence-corrected chi connectivity index (χ0v) is 27.1. The van der Waals surface area contributed by atoms with Gasteiger partial charge in [0.15, 0.2) is 0 Å². The summed E-state index contributed by atoms with van der Waals surface area (Å²) in [6.45, 7) is 9.72. The molecule has 0 spiro atoms. The van der Waals surface area contributed by atoms with Gasteiger partial charge in [0.05, 0.1) is 0 Å². The van der Waals surface area contributed by atoms with Crippen LogP contribution in [-0.2, 0) is 9.59 Å². The van der Waals surface area contributed by atoms with Gasteiger partial charge in [-0.15, -0.1) is 0 Å².